The minimum atomic E-state index is -0.0846. The van der Waals surface area contributed by atoms with Gasteiger partial charge in [-0.15, -0.1) is 11.3 Å². The number of rotatable bonds is 3. The summed E-state index contributed by atoms with van der Waals surface area (Å²) in [5.74, 6) is 1.28. The lowest BCUT2D eigenvalue weighted by molar-refractivity contribution is 1.03. The van der Waals surface area contributed by atoms with Gasteiger partial charge in [-0.1, -0.05) is 36.0 Å². The smallest absolute Gasteiger partial charge is 0.258 e. The third kappa shape index (κ3) is 2.75. The minimum Gasteiger partial charge on any atom is -0.309 e. The van der Waals surface area contributed by atoms with Crippen LogP contribution < -0.4 is 5.56 Å². The average Bonchev–Trinajstić information content (AvgIpc) is 2.97. The highest BCUT2D eigenvalue weighted by Crippen LogP contribution is 2.30. The van der Waals surface area contributed by atoms with E-state index in [4.69, 9.17) is 0 Å². The molecule has 1 N–H and O–H groups in total. The second-order valence-corrected chi connectivity index (χ2v) is 7.47. The van der Waals surface area contributed by atoms with Crippen LogP contribution in [0, 0.1) is 6.92 Å². The number of thioether (sulfide) groups is 1. The highest BCUT2D eigenvalue weighted by molar-refractivity contribution is 8.00. The number of benzene rings is 2. The van der Waals surface area contributed by atoms with Crippen LogP contribution in [0.4, 0.5) is 0 Å². The summed E-state index contributed by atoms with van der Waals surface area (Å²) in [5, 5.41) is 0.638. The first-order chi connectivity index (χ1) is 11.2. The SMILES string of the molecule is Cc1cccc2c(=O)[nH]c(CSc3nc4ccccc4s3)nc12. The number of thiazole rings is 1. The fourth-order valence-corrected chi connectivity index (χ4v) is 4.40. The van der Waals surface area contributed by atoms with Gasteiger partial charge in [-0.05, 0) is 30.7 Å². The fraction of sp³-hybridized carbons (Fsp3) is 0.118. The summed E-state index contributed by atoms with van der Waals surface area (Å²) < 4.78 is 2.16. The molecule has 0 fully saturated rings. The molecule has 0 spiro atoms. The Hall–Kier alpha value is -2.18. The second-order valence-electron chi connectivity index (χ2n) is 5.22. The second kappa shape index (κ2) is 5.79. The molecule has 0 saturated carbocycles. The molecule has 4 nitrogen and oxygen atoms in total. The number of hydrogen-bond acceptors (Lipinski definition) is 5. The number of H-pyrrole nitrogens is 1. The molecule has 0 aliphatic carbocycles. The number of para-hydroxylation sites is 2. The molecule has 2 heterocycles. The summed E-state index contributed by atoms with van der Waals surface area (Å²) in [6, 6.07) is 13.7. The van der Waals surface area contributed by atoms with Crippen molar-refractivity contribution >= 4 is 44.2 Å². The first-order valence-corrected chi connectivity index (χ1v) is 8.98. The lowest BCUT2D eigenvalue weighted by Gasteiger charge is -2.03. The van der Waals surface area contributed by atoms with E-state index in [1.807, 2.05) is 37.3 Å². The number of hydrogen-bond donors (Lipinski definition) is 1. The van der Waals surface area contributed by atoms with Crippen molar-refractivity contribution in [3.8, 4) is 0 Å². The molecule has 2 aromatic heterocycles. The molecule has 0 amide bonds. The van der Waals surface area contributed by atoms with E-state index in [0.717, 1.165) is 20.9 Å². The lowest BCUT2D eigenvalue weighted by Crippen LogP contribution is -2.11. The van der Waals surface area contributed by atoms with Crippen LogP contribution in [0.15, 0.2) is 51.6 Å². The van der Waals surface area contributed by atoms with Gasteiger partial charge in [0.25, 0.3) is 5.56 Å². The van der Waals surface area contributed by atoms with Gasteiger partial charge in [-0.2, -0.15) is 0 Å². The number of nitrogens with one attached hydrogen (secondary N) is 1. The third-order valence-corrected chi connectivity index (χ3v) is 5.78. The molecule has 4 rings (SSSR count). The summed E-state index contributed by atoms with van der Waals surface area (Å²) in [6.07, 6.45) is 0. The molecule has 0 aliphatic rings. The lowest BCUT2D eigenvalue weighted by atomic mass is 10.1. The molecule has 0 unspecified atom stereocenters. The monoisotopic (exact) mass is 339 g/mol. The molecule has 4 aromatic rings. The van der Waals surface area contributed by atoms with Crippen molar-refractivity contribution in [2.75, 3.05) is 0 Å². The summed E-state index contributed by atoms with van der Waals surface area (Å²) >= 11 is 3.26. The first-order valence-electron chi connectivity index (χ1n) is 7.17. The van der Waals surface area contributed by atoms with Crippen molar-refractivity contribution in [2.45, 2.75) is 17.0 Å². The Kier molecular flexibility index (Phi) is 3.63. The predicted molar refractivity (Wildman–Crippen MR) is 96.3 cm³/mol. The summed E-state index contributed by atoms with van der Waals surface area (Å²) in [4.78, 5) is 24.3. The maximum Gasteiger partial charge on any atom is 0.258 e. The van der Waals surface area contributed by atoms with Crippen molar-refractivity contribution in [2.24, 2.45) is 0 Å². The third-order valence-electron chi connectivity index (χ3n) is 3.59. The van der Waals surface area contributed by atoms with E-state index in [2.05, 4.69) is 21.0 Å². The Morgan fingerprint density at radius 2 is 2.00 bits per heavy atom. The largest absolute Gasteiger partial charge is 0.309 e. The van der Waals surface area contributed by atoms with Gasteiger partial charge in [0.2, 0.25) is 0 Å². The number of aromatic amines is 1. The van der Waals surface area contributed by atoms with E-state index in [9.17, 15) is 4.79 Å². The predicted octanol–water partition coefficient (Wildman–Crippen LogP) is 4.13. The molecule has 23 heavy (non-hydrogen) atoms. The van der Waals surface area contributed by atoms with E-state index in [1.54, 1.807) is 29.2 Å². The van der Waals surface area contributed by atoms with E-state index >= 15 is 0 Å². The topological polar surface area (TPSA) is 58.6 Å². The van der Waals surface area contributed by atoms with Gasteiger partial charge < -0.3 is 4.98 Å². The van der Waals surface area contributed by atoms with Crippen LogP contribution in [0.25, 0.3) is 21.1 Å². The molecular formula is C17H13N3OS2. The molecule has 0 aliphatic heterocycles. The Balaban J connectivity index is 1.65. The van der Waals surface area contributed by atoms with Crippen molar-refractivity contribution in [3.05, 3.63) is 64.2 Å². The Labute approximate surface area is 140 Å². The average molecular weight is 339 g/mol. The van der Waals surface area contributed by atoms with Crippen LogP contribution in [0.2, 0.25) is 0 Å². The van der Waals surface area contributed by atoms with Crippen molar-refractivity contribution in [1.82, 2.24) is 15.0 Å². The Morgan fingerprint density at radius 1 is 1.13 bits per heavy atom. The molecule has 2 aromatic carbocycles. The molecule has 0 saturated heterocycles. The van der Waals surface area contributed by atoms with E-state index in [0.29, 0.717) is 17.0 Å². The van der Waals surface area contributed by atoms with E-state index < -0.39 is 0 Å². The van der Waals surface area contributed by atoms with Crippen LogP contribution in [-0.2, 0) is 5.75 Å². The standard InChI is InChI=1S/C17H13N3OS2/c1-10-5-4-6-11-15(10)19-14(20-16(11)21)9-22-17-18-12-7-2-3-8-13(12)23-17/h2-8H,9H2,1H3,(H,19,20,21). The highest BCUT2D eigenvalue weighted by atomic mass is 32.2. The maximum atomic E-state index is 12.2. The molecule has 6 heteroatoms. The van der Waals surface area contributed by atoms with Gasteiger partial charge in [-0.25, -0.2) is 9.97 Å². The molecule has 0 radical (unpaired) electrons. The van der Waals surface area contributed by atoms with Gasteiger partial charge in [0.1, 0.15) is 5.82 Å². The summed E-state index contributed by atoms with van der Waals surface area (Å²) in [6.45, 7) is 1.97. The van der Waals surface area contributed by atoms with E-state index in [1.165, 1.54) is 4.70 Å². The van der Waals surface area contributed by atoms with Crippen molar-refractivity contribution < 1.29 is 0 Å². The number of fused-ring (bicyclic) bond motifs is 2. The highest BCUT2D eigenvalue weighted by Gasteiger charge is 2.08. The quantitative estimate of drug-likeness (QED) is 0.570. The number of nitrogens with zero attached hydrogens (tertiary/aromatic N) is 2. The summed E-state index contributed by atoms with van der Waals surface area (Å²) in [5.41, 5.74) is 2.71. The molecule has 0 bridgehead atoms. The van der Waals surface area contributed by atoms with Gasteiger partial charge in [0, 0.05) is 0 Å². The zero-order chi connectivity index (χ0) is 15.8. The molecule has 114 valence electrons. The van der Waals surface area contributed by atoms with Crippen LogP contribution in [-0.4, -0.2) is 15.0 Å². The van der Waals surface area contributed by atoms with E-state index in [-0.39, 0.29) is 5.56 Å². The van der Waals surface area contributed by atoms with Gasteiger partial charge in [-0.3, -0.25) is 4.79 Å². The normalized spacial score (nSPS) is 11.3. The van der Waals surface area contributed by atoms with Crippen molar-refractivity contribution in [3.63, 3.8) is 0 Å². The van der Waals surface area contributed by atoms with Gasteiger partial charge in [0.15, 0.2) is 4.34 Å². The minimum absolute atomic E-state index is 0.0846. The zero-order valence-corrected chi connectivity index (χ0v) is 14.0. The van der Waals surface area contributed by atoms with Crippen LogP contribution in [0.5, 0.6) is 0 Å². The first kappa shape index (κ1) is 14.4. The fourth-order valence-electron chi connectivity index (χ4n) is 2.46. The van der Waals surface area contributed by atoms with Crippen LogP contribution >= 0.6 is 23.1 Å². The zero-order valence-electron chi connectivity index (χ0n) is 12.4. The van der Waals surface area contributed by atoms with Crippen LogP contribution in [0.1, 0.15) is 11.4 Å². The van der Waals surface area contributed by atoms with Crippen LogP contribution in [0.3, 0.4) is 0 Å². The van der Waals surface area contributed by atoms with Gasteiger partial charge >= 0.3 is 0 Å². The summed E-state index contributed by atoms with van der Waals surface area (Å²) in [7, 11) is 0. The number of aryl methyl sites for hydroxylation is 1. The Bertz CT molecular complexity index is 1040. The molecular weight excluding hydrogens is 326 g/mol. The van der Waals surface area contributed by atoms with Crippen molar-refractivity contribution in [1.29, 1.82) is 0 Å². The van der Waals surface area contributed by atoms with Gasteiger partial charge in [0.05, 0.1) is 26.9 Å². The molecule has 0 atom stereocenters. The maximum absolute atomic E-state index is 12.2. The Morgan fingerprint density at radius 3 is 2.87 bits per heavy atom. The number of aromatic nitrogens is 3.